The molecular formula is C21H22N6OS. The maximum atomic E-state index is 12.7. The molecule has 3 heterocycles. The summed E-state index contributed by atoms with van der Waals surface area (Å²) in [6.07, 6.45) is 5.48. The monoisotopic (exact) mass is 406 g/mol. The van der Waals surface area contributed by atoms with Gasteiger partial charge in [-0.3, -0.25) is 4.79 Å². The molecule has 1 fully saturated rings. The van der Waals surface area contributed by atoms with E-state index in [1.807, 2.05) is 54.3 Å². The van der Waals surface area contributed by atoms with Crippen molar-refractivity contribution in [1.29, 1.82) is 0 Å². The molecule has 1 aliphatic heterocycles. The van der Waals surface area contributed by atoms with E-state index in [4.69, 9.17) is 0 Å². The molecule has 1 N–H and O–H groups in total. The van der Waals surface area contributed by atoms with E-state index in [0.717, 1.165) is 30.6 Å². The minimum Gasteiger partial charge on any atom is -0.338 e. The highest BCUT2D eigenvalue weighted by molar-refractivity contribution is 7.13. The number of nitrogens with zero attached hydrogens (tertiary/aromatic N) is 5. The molecule has 29 heavy (non-hydrogen) atoms. The minimum atomic E-state index is 0.0385. The molecule has 4 rings (SSSR count). The summed E-state index contributed by atoms with van der Waals surface area (Å²) in [6, 6.07) is 11.8. The van der Waals surface area contributed by atoms with E-state index in [2.05, 4.69) is 25.5 Å². The first kappa shape index (κ1) is 19.2. The normalized spacial score (nSPS) is 16.9. The first-order valence-electron chi connectivity index (χ1n) is 9.58. The Labute approximate surface area is 173 Å². The third-order valence-corrected chi connectivity index (χ3v) is 5.43. The van der Waals surface area contributed by atoms with Crippen LogP contribution in [0.2, 0.25) is 0 Å². The van der Waals surface area contributed by atoms with Gasteiger partial charge in [0.2, 0.25) is 11.0 Å². The highest BCUT2D eigenvalue weighted by Crippen LogP contribution is 2.28. The molecule has 148 valence electrons. The zero-order chi connectivity index (χ0) is 20.1. The third-order valence-electron chi connectivity index (χ3n) is 4.82. The number of carbonyl (C=O) groups is 1. The minimum absolute atomic E-state index is 0.0385. The van der Waals surface area contributed by atoms with Crippen LogP contribution in [0.4, 0.5) is 10.9 Å². The van der Waals surface area contributed by atoms with Gasteiger partial charge in [-0.25, -0.2) is 9.97 Å². The fourth-order valence-electron chi connectivity index (χ4n) is 3.46. The fourth-order valence-corrected chi connectivity index (χ4v) is 3.91. The molecule has 1 aromatic carbocycles. The van der Waals surface area contributed by atoms with E-state index in [1.54, 1.807) is 11.6 Å². The number of aryl methyl sites for hydroxylation is 1. The Balaban J connectivity index is 1.46. The number of carbonyl (C=O) groups excluding carboxylic acids is 1. The lowest BCUT2D eigenvalue weighted by Crippen LogP contribution is -2.38. The molecule has 0 bridgehead atoms. The van der Waals surface area contributed by atoms with Crippen LogP contribution in [-0.2, 0) is 4.79 Å². The van der Waals surface area contributed by atoms with E-state index in [1.165, 1.54) is 11.3 Å². The van der Waals surface area contributed by atoms with Gasteiger partial charge in [0.1, 0.15) is 17.2 Å². The van der Waals surface area contributed by atoms with Gasteiger partial charge in [0.15, 0.2) is 0 Å². The van der Waals surface area contributed by atoms with Crippen LogP contribution in [0.5, 0.6) is 0 Å². The summed E-state index contributed by atoms with van der Waals surface area (Å²) in [5.41, 5.74) is 3.65. The van der Waals surface area contributed by atoms with Gasteiger partial charge >= 0.3 is 0 Å². The molecular weight excluding hydrogens is 384 g/mol. The number of hydrogen-bond acceptors (Lipinski definition) is 7. The number of rotatable bonds is 5. The van der Waals surface area contributed by atoms with Crippen LogP contribution in [0, 0.1) is 6.92 Å². The van der Waals surface area contributed by atoms with Gasteiger partial charge in [0.05, 0.1) is 5.69 Å². The summed E-state index contributed by atoms with van der Waals surface area (Å²) >= 11 is 1.42. The van der Waals surface area contributed by atoms with Crippen molar-refractivity contribution in [2.45, 2.75) is 25.7 Å². The first-order chi connectivity index (χ1) is 14.2. The molecule has 0 spiro atoms. The van der Waals surface area contributed by atoms with Crippen molar-refractivity contribution >= 4 is 34.3 Å². The van der Waals surface area contributed by atoms with Gasteiger partial charge in [0, 0.05) is 31.1 Å². The van der Waals surface area contributed by atoms with Gasteiger partial charge in [-0.05, 0) is 31.4 Å². The lowest BCUT2D eigenvalue weighted by atomic mass is 9.94. The van der Waals surface area contributed by atoms with Crippen molar-refractivity contribution in [3.8, 4) is 0 Å². The standard InChI is InChI=1S/C21H22N6OS/c1-15-23-18(12-19(24-15)25-21-26-22-14-29-21)17-8-5-11-27(13-17)20(28)10-9-16-6-3-2-4-7-16/h2-4,6-7,9-10,12,14,17H,5,8,11,13H2,1H3,(H,23,24,25,26)/b10-9+/t17-/m0/s1. The van der Waals surface area contributed by atoms with Crippen molar-refractivity contribution in [2.75, 3.05) is 18.4 Å². The van der Waals surface area contributed by atoms with Gasteiger partial charge in [-0.2, -0.15) is 0 Å². The molecule has 1 amide bonds. The second kappa shape index (κ2) is 8.91. The van der Waals surface area contributed by atoms with Crippen LogP contribution in [-0.4, -0.2) is 44.1 Å². The second-order valence-electron chi connectivity index (χ2n) is 6.96. The number of anilines is 2. The van der Waals surface area contributed by atoms with Crippen molar-refractivity contribution < 1.29 is 4.79 Å². The van der Waals surface area contributed by atoms with Crippen LogP contribution >= 0.6 is 11.3 Å². The largest absolute Gasteiger partial charge is 0.338 e. The van der Waals surface area contributed by atoms with Gasteiger partial charge in [-0.1, -0.05) is 41.7 Å². The van der Waals surface area contributed by atoms with Crippen molar-refractivity contribution in [3.05, 3.63) is 65.1 Å². The average Bonchev–Trinajstić information content (AvgIpc) is 3.25. The molecule has 2 aromatic heterocycles. The van der Waals surface area contributed by atoms with Crippen molar-refractivity contribution in [1.82, 2.24) is 25.1 Å². The average molecular weight is 407 g/mol. The molecule has 7 nitrogen and oxygen atoms in total. The summed E-state index contributed by atoms with van der Waals surface area (Å²) in [6.45, 7) is 3.31. The smallest absolute Gasteiger partial charge is 0.246 e. The first-order valence-corrected chi connectivity index (χ1v) is 10.5. The molecule has 3 aromatic rings. The molecule has 1 saturated heterocycles. The number of hydrogen-bond donors (Lipinski definition) is 1. The molecule has 0 aliphatic carbocycles. The Hall–Kier alpha value is -3.13. The number of likely N-dealkylation sites (tertiary alicyclic amines) is 1. The Morgan fingerprint density at radius 1 is 1.28 bits per heavy atom. The number of aromatic nitrogens is 4. The number of amides is 1. The van der Waals surface area contributed by atoms with Crippen LogP contribution in [0.3, 0.4) is 0 Å². The van der Waals surface area contributed by atoms with Gasteiger partial charge in [0.25, 0.3) is 0 Å². The highest BCUT2D eigenvalue weighted by Gasteiger charge is 2.25. The Kier molecular flexibility index (Phi) is 5.90. The predicted octanol–water partition coefficient (Wildman–Crippen LogP) is 3.80. The Bertz CT molecular complexity index is 990. The molecule has 0 unspecified atom stereocenters. The van der Waals surface area contributed by atoms with Crippen LogP contribution in [0.15, 0.2) is 48.0 Å². The van der Waals surface area contributed by atoms with Crippen LogP contribution in [0.25, 0.3) is 6.08 Å². The Morgan fingerprint density at radius 3 is 2.93 bits per heavy atom. The quantitative estimate of drug-likeness (QED) is 0.649. The lowest BCUT2D eigenvalue weighted by molar-refractivity contribution is -0.127. The summed E-state index contributed by atoms with van der Waals surface area (Å²) in [5.74, 6) is 1.63. The summed E-state index contributed by atoms with van der Waals surface area (Å²) < 4.78 is 0. The van der Waals surface area contributed by atoms with Gasteiger partial charge in [-0.15, -0.1) is 10.2 Å². The maximum absolute atomic E-state index is 12.7. The van der Waals surface area contributed by atoms with E-state index < -0.39 is 0 Å². The molecule has 1 atom stereocenters. The second-order valence-corrected chi connectivity index (χ2v) is 7.79. The van der Waals surface area contributed by atoms with E-state index in [9.17, 15) is 4.79 Å². The summed E-state index contributed by atoms with van der Waals surface area (Å²) in [7, 11) is 0. The maximum Gasteiger partial charge on any atom is 0.246 e. The van der Waals surface area contributed by atoms with E-state index >= 15 is 0 Å². The zero-order valence-corrected chi connectivity index (χ0v) is 17.0. The predicted molar refractivity (Wildman–Crippen MR) is 114 cm³/mol. The molecule has 0 radical (unpaired) electrons. The Morgan fingerprint density at radius 2 is 2.14 bits per heavy atom. The summed E-state index contributed by atoms with van der Waals surface area (Å²) in [4.78, 5) is 23.7. The molecule has 0 saturated carbocycles. The zero-order valence-electron chi connectivity index (χ0n) is 16.2. The number of piperidine rings is 1. The molecule has 1 aliphatic rings. The summed E-state index contributed by atoms with van der Waals surface area (Å²) in [5, 5.41) is 11.7. The third kappa shape index (κ3) is 5.03. The van der Waals surface area contributed by atoms with E-state index in [0.29, 0.717) is 23.3 Å². The van der Waals surface area contributed by atoms with Crippen LogP contribution in [0.1, 0.15) is 35.8 Å². The van der Waals surface area contributed by atoms with Crippen molar-refractivity contribution in [3.63, 3.8) is 0 Å². The van der Waals surface area contributed by atoms with Gasteiger partial charge < -0.3 is 10.2 Å². The number of benzene rings is 1. The highest BCUT2D eigenvalue weighted by atomic mass is 32.1. The fraction of sp³-hybridized carbons (Fsp3) is 0.286. The molecule has 8 heteroatoms. The van der Waals surface area contributed by atoms with Crippen molar-refractivity contribution in [2.24, 2.45) is 0 Å². The topological polar surface area (TPSA) is 83.9 Å². The number of nitrogens with one attached hydrogen (secondary N) is 1. The SMILES string of the molecule is Cc1nc(Nc2nncs2)cc([C@H]2CCCN(C(=O)/C=C/c3ccccc3)C2)n1. The van der Waals surface area contributed by atoms with Crippen LogP contribution < -0.4 is 5.32 Å². The van der Waals surface area contributed by atoms with E-state index in [-0.39, 0.29) is 11.8 Å². The lowest BCUT2D eigenvalue weighted by Gasteiger charge is -2.32.